The Balaban J connectivity index is 1.88. The van der Waals surface area contributed by atoms with Crippen LogP contribution in [-0.2, 0) is 0 Å². The fourth-order valence-electron chi connectivity index (χ4n) is 3.13. The van der Waals surface area contributed by atoms with Gasteiger partial charge in [0.2, 0.25) is 0 Å². The zero-order valence-corrected chi connectivity index (χ0v) is 15.2. The van der Waals surface area contributed by atoms with E-state index in [9.17, 15) is 0 Å². The van der Waals surface area contributed by atoms with Crippen LogP contribution < -0.4 is 5.32 Å². The van der Waals surface area contributed by atoms with E-state index in [-0.39, 0.29) is 0 Å². The highest BCUT2D eigenvalue weighted by atomic mass is 15.0. The first-order valence-electron chi connectivity index (χ1n) is 8.79. The molecule has 0 saturated heterocycles. The van der Waals surface area contributed by atoms with Gasteiger partial charge in [-0.3, -0.25) is 0 Å². The zero-order valence-electron chi connectivity index (χ0n) is 15.2. The quantitative estimate of drug-likeness (QED) is 0.500. The summed E-state index contributed by atoms with van der Waals surface area (Å²) < 4.78 is 0. The number of fused-ring (bicyclic) bond motifs is 1. The van der Waals surface area contributed by atoms with Crippen molar-refractivity contribution in [3.8, 4) is 11.3 Å². The predicted octanol–water partition coefficient (Wildman–Crippen LogP) is 5.97. The third-order valence-corrected chi connectivity index (χ3v) is 4.81. The number of nitrogens with zero attached hydrogens (tertiary/aromatic N) is 2. The summed E-state index contributed by atoms with van der Waals surface area (Å²) in [6.45, 7) is 6.43. The molecule has 1 N–H and O–H groups in total. The average Bonchev–Trinajstić information content (AvgIpc) is 2.66. The van der Waals surface area contributed by atoms with Crippen molar-refractivity contribution in [1.82, 2.24) is 9.97 Å². The summed E-state index contributed by atoms with van der Waals surface area (Å²) in [5.41, 5.74) is 8.58. The summed E-state index contributed by atoms with van der Waals surface area (Å²) in [5.74, 6) is 0.776. The van der Waals surface area contributed by atoms with E-state index in [2.05, 4.69) is 50.4 Å². The molecule has 0 aliphatic carbocycles. The van der Waals surface area contributed by atoms with Gasteiger partial charge in [0.1, 0.15) is 5.69 Å². The van der Waals surface area contributed by atoms with Crippen LogP contribution in [0.25, 0.3) is 22.3 Å². The lowest BCUT2D eigenvalue weighted by Gasteiger charge is -2.14. The molecular weight excluding hydrogens is 318 g/mol. The van der Waals surface area contributed by atoms with Gasteiger partial charge in [-0.05, 0) is 61.7 Å². The highest BCUT2D eigenvalue weighted by Crippen LogP contribution is 2.30. The van der Waals surface area contributed by atoms with E-state index >= 15 is 0 Å². The third kappa shape index (κ3) is 3.04. The Morgan fingerprint density at radius 1 is 0.692 bits per heavy atom. The van der Waals surface area contributed by atoms with Crippen molar-refractivity contribution < 1.29 is 0 Å². The summed E-state index contributed by atoms with van der Waals surface area (Å²) in [6.07, 6.45) is 0. The van der Waals surface area contributed by atoms with E-state index in [1.807, 2.05) is 42.5 Å². The maximum absolute atomic E-state index is 4.88. The van der Waals surface area contributed by atoms with Crippen LogP contribution in [0.15, 0.2) is 66.7 Å². The molecule has 3 nitrogen and oxygen atoms in total. The van der Waals surface area contributed by atoms with Crippen molar-refractivity contribution in [3.63, 3.8) is 0 Å². The third-order valence-electron chi connectivity index (χ3n) is 4.81. The molecule has 1 heterocycles. The van der Waals surface area contributed by atoms with Crippen molar-refractivity contribution in [3.05, 3.63) is 83.4 Å². The molecule has 3 aromatic carbocycles. The van der Waals surface area contributed by atoms with E-state index in [4.69, 9.17) is 9.97 Å². The monoisotopic (exact) mass is 339 g/mol. The van der Waals surface area contributed by atoms with Crippen LogP contribution in [0.2, 0.25) is 0 Å². The molecule has 0 unspecified atom stereocenters. The molecule has 0 atom stereocenters. The van der Waals surface area contributed by atoms with Crippen molar-refractivity contribution in [2.45, 2.75) is 20.8 Å². The number of anilines is 2. The lowest BCUT2D eigenvalue weighted by atomic mass is 10.0. The predicted molar refractivity (Wildman–Crippen MR) is 109 cm³/mol. The molecule has 3 heteroatoms. The number of nitrogens with one attached hydrogen (secondary N) is 1. The van der Waals surface area contributed by atoms with E-state index in [0.29, 0.717) is 0 Å². The van der Waals surface area contributed by atoms with Crippen LogP contribution in [0.4, 0.5) is 11.5 Å². The molecule has 0 radical (unpaired) electrons. The van der Waals surface area contributed by atoms with Crippen LogP contribution in [0, 0.1) is 20.8 Å². The minimum absolute atomic E-state index is 0.776. The number of para-hydroxylation sites is 2. The molecule has 4 rings (SSSR count). The van der Waals surface area contributed by atoms with Crippen LogP contribution in [0.1, 0.15) is 16.7 Å². The van der Waals surface area contributed by atoms with E-state index in [0.717, 1.165) is 33.8 Å². The summed E-state index contributed by atoms with van der Waals surface area (Å²) in [5, 5.41) is 3.50. The Bertz CT molecular complexity index is 1060. The minimum atomic E-state index is 0.776. The number of aryl methyl sites for hydroxylation is 2. The highest BCUT2D eigenvalue weighted by molar-refractivity contribution is 5.84. The maximum atomic E-state index is 4.88. The Labute approximate surface area is 153 Å². The van der Waals surface area contributed by atoms with Crippen LogP contribution in [0.5, 0.6) is 0 Å². The van der Waals surface area contributed by atoms with Crippen molar-refractivity contribution in [1.29, 1.82) is 0 Å². The van der Waals surface area contributed by atoms with Gasteiger partial charge in [-0.15, -0.1) is 0 Å². The van der Waals surface area contributed by atoms with E-state index in [1.54, 1.807) is 0 Å². The first-order chi connectivity index (χ1) is 12.6. The number of rotatable bonds is 3. The number of hydrogen-bond donors (Lipinski definition) is 1. The molecule has 128 valence electrons. The SMILES string of the molecule is Cc1cc(Nc2nc3ccccc3nc2-c2ccccc2)cc(C)c1C. The second-order valence-corrected chi connectivity index (χ2v) is 6.64. The molecule has 0 saturated carbocycles. The fourth-order valence-corrected chi connectivity index (χ4v) is 3.13. The topological polar surface area (TPSA) is 37.8 Å². The van der Waals surface area contributed by atoms with Gasteiger partial charge in [0.25, 0.3) is 0 Å². The fraction of sp³-hybridized carbons (Fsp3) is 0.130. The second-order valence-electron chi connectivity index (χ2n) is 6.64. The number of aromatic nitrogens is 2. The molecule has 26 heavy (non-hydrogen) atoms. The summed E-state index contributed by atoms with van der Waals surface area (Å²) >= 11 is 0. The van der Waals surface area contributed by atoms with Crippen LogP contribution in [-0.4, -0.2) is 9.97 Å². The molecule has 0 spiro atoms. The summed E-state index contributed by atoms with van der Waals surface area (Å²) in [6, 6.07) is 22.5. The molecule has 1 aromatic heterocycles. The standard InChI is InChI=1S/C23H21N3/c1-15-13-19(14-16(2)17(15)3)24-23-22(18-9-5-4-6-10-18)25-20-11-7-8-12-21(20)26-23/h4-14H,1-3H3,(H,24,26). The van der Waals surface area contributed by atoms with Crippen molar-refractivity contribution in [2.24, 2.45) is 0 Å². The normalized spacial score (nSPS) is 10.9. The van der Waals surface area contributed by atoms with Gasteiger partial charge < -0.3 is 5.32 Å². The summed E-state index contributed by atoms with van der Waals surface area (Å²) in [7, 11) is 0. The van der Waals surface area contributed by atoms with Crippen LogP contribution in [0.3, 0.4) is 0 Å². The zero-order chi connectivity index (χ0) is 18.1. The van der Waals surface area contributed by atoms with E-state index < -0.39 is 0 Å². The highest BCUT2D eigenvalue weighted by Gasteiger charge is 2.12. The lowest BCUT2D eigenvalue weighted by molar-refractivity contribution is 1.24. The molecule has 0 bridgehead atoms. The molecule has 0 amide bonds. The van der Waals surface area contributed by atoms with Gasteiger partial charge in [-0.25, -0.2) is 9.97 Å². The molecule has 0 fully saturated rings. The Morgan fingerprint density at radius 2 is 1.27 bits per heavy atom. The summed E-state index contributed by atoms with van der Waals surface area (Å²) in [4.78, 5) is 9.73. The Morgan fingerprint density at radius 3 is 1.92 bits per heavy atom. The smallest absolute Gasteiger partial charge is 0.157 e. The van der Waals surface area contributed by atoms with Gasteiger partial charge in [0, 0.05) is 11.3 Å². The number of hydrogen-bond acceptors (Lipinski definition) is 3. The van der Waals surface area contributed by atoms with Crippen LogP contribution >= 0.6 is 0 Å². The molecular formula is C23H21N3. The second kappa shape index (κ2) is 6.60. The van der Waals surface area contributed by atoms with E-state index in [1.165, 1.54) is 16.7 Å². The minimum Gasteiger partial charge on any atom is -0.338 e. The van der Waals surface area contributed by atoms with Crippen molar-refractivity contribution >= 4 is 22.5 Å². The Hall–Kier alpha value is -3.20. The van der Waals surface area contributed by atoms with Gasteiger partial charge in [0.05, 0.1) is 11.0 Å². The Kier molecular flexibility index (Phi) is 4.13. The van der Waals surface area contributed by atoms with Gasteiger partial charge in [-0.2, -0.15) is 0 Å². The van der Waals surface area contributed by atoms with Gasteiger partial charge in [-0.1, -0.05) is 42.5 Å². The number of benzene rings is 3. The first-order valence-corrected chi connectivity index (χ1v) is 8.79. The molecule has 4 aromatic rings. The largest absolute Gasteiger partial charge is 0.338 e. The maximum Gasteiger partial charge on any atom is 0.157 e. The average molecular weight is 339 g/mol. The van der Waals surface area contributed by atoms with Gasteiger partial charge >= 0.3 is 0 Å². The van der Waals surface area contributed by atoms with Crippen molar-refractivity contribution in [2.75, 3.05) is 5.32 Å². The molecule has 0 aliphatic rings. The lowest BCUT2D eigenvalue weighted by Crippen LogP contribution is -2.01. The molecule has 0 aliphatic heterocycles. The van der Waals surface area contributed by atoms with Gasteiger partial charge in [0.15, 0.2) is 5.82 Å². The first kappa shape index (κ1) is 16.3.